The molecule has 1 aromatic heterocycles. The number of hydrogen-bond donors (Lipinski definition) is 0. The Labute approximate surface area is 117 Å². The van der Waals surface area contributed by atoms with E-state index < -0.39 is 0 Å². The molecule has 0 aliphatic rings. The van der Waals surface area contributed by atoms with Gasteiger partial charge in [-0.1, -0.05) is 48.2 Å². The number of aromatic nitrogens is 1. The lowest BCUT2D eigenvalue weighted by Crippen LogP contribution is -2.26. The normalized spacial score (nSPS) is 11.9. The van der Waals surface area contributed by atoms with Gasteiger partial charge in [-0.05, 0) is 17.7 Å². The van der Waals surface area contributed by atoms with Crippen LogP contribution in [0.2, 0.25) is 0 Å². The van der Waals surface area contributed by atoms with Crippen molar-refractivity contribution in [3.05, 3.63) is 60.3 Å². The van der Waals surface area contributed by atoms with Gasteiger partial charge in [0, 0.05) is 20.3 Å². The monoisotopic (exact) mass is 272 g/mol. The second-order valence-corrected chi connectivity index (χ2v) is 5.43. The zero-order valence-electron chi connectivity index (χ0n) is 11.0. The molecule has 98 valence electrons. The fourth-order valence-corrected chi connectivity index (χ4v) is 2.79. The van der Waals surface area contributed by atoms with Gasteiger partial charge >= 0.3 is 0 Å². The maximum absolute atomic E-state index is 12.3. The van der Waals surface area contributed by atoms with Crippen LogP contribution >= 0.6 is 11.8 Å². The largest absolute Gasteiger partial charge is 0.348 e. The number of nitrogens with zero attached hydrogens (tertiary/aromatic N) is 2. The second kappa shape index (κ2) is 6.38. The summed E-state index contributed by atoms with van der Waals surface area (Å²) in [5.41, 5.74) is 0.997. The summed E-state index contributed by atoms with van der Waals surface area (Å²) in [6.07, 6.45) is 1.74. The number of amides is 1. The summed E-state index contributed by atoms with van der Waals surface area (Å²) in [6, 6.07) is 15.5. The molecule has 0 aliphatic heterocycles. The van der Waals surface area contributed by atoms with Crippen LogP contribution in [0.5, 0.6) is 0 Å². The van der Waals surface area contributed by atoms with Gasteiger partial charge in [0.05, 0.1) is 5.03 Å². The van der Waals surface area contributed by atoms with Crippen LogP contribution in [0.1, 0.15) is 10.8 Å². The number of rotatable bonds is 4. The van der Waals surface area contributed by atoms with Crippen molar-refractivity contribution < 1.29 is 4.79 Å². The molecule has 1 heterocycles. The van der Waals surface area contributed by atoms with E-state index in [-0.39, 0.29) is 11.2 Å². The molecule has 2 aromatic rings. The van der Waals surface area contributed by atoms with Gasteiger partial charge in [0.2, 0.25) is 5.91 Å². The highest BCUT2D eigenvalue weighted by Gasteiger charge is 2.23. The molecule has 3 nitrogen and oxygen atoms in total. The number of likely N-dealkylation sites (N-methyl/N-ethyl adjacent to an activating group) is 1. The van der Waals surface area contributed by atoms with Gasteiger partial charge in [-0.25, -0.2) is 4.98 Å². The van der Waals surface area contributed by atoms with Crippen molar-refractivity contribution in [1.29, 1.82) is 0 Å². The van der Waals surface area contributed by atoms with Gasteiger partial charge in [0.1, 0.15) is 5.25 Å². The molecule has 0 fully saturated rings. The van der Waals surface area contributed by atoms with Crippen molar-refractivity contribution in [3.8, 4) is 0 Å². The molecular weight excluding hydrogens is 256 g/mol. The summed E-state index contributed by atoms with van der Waals surface area (Å²) >= 11 is 1.48. The number of benzene rings is 1. The maximum Gasteiger partial charge on any atom is 0.240 e. The molecule has 0 radical (unpaired) electrons. The van der Waals surface area contributed by atoms with E-state index in [2.05, 4.69) is 4.98 Å². The summed E-state index contributed by atoms with van der Waals surface area (Å²) in [4.78, 5) is 18.2. The molecule has 0 bridgehead atoms. The number of hydrogen-bond acceptors (Lipinski definition) is 3. The Balaban J connectivity index is 2.28. The lowest BCUT2D eigenvalue weighted by molar-refractivity contribution is -0.128. The molecule has 4 heteroatoms. The predicted molar refractivity (Wildman–Crippen MR) is 78.0 cm³/mol. The van der Waals surface area contributed by atoms with Crippen LogP contribution in [0.3, 0.4) is 0 Å². The Kier molecular flexibility index (Phi) is 4.58. The van der Waals surface area contributed by atoms with E-state index in [4.69, 9.17) is 0 Å². The van der Waals surface area contributed by atoms with Gasteiger partial charge < -0.3 is 4.90 Å². The summed E-state index contributed by atoms with van der Waals surface area (Å²) in [6.45, 7) is 0. The van der Waals surface area contributed by atoms with Crippen LogP contribution in [-0.4, -0.2) is 29.9 Å². The molecule has 1 atom stereocenters. The van der Waals surface area contributed by atoms with Crippen molar-refractivity contribution in [2.75, 3.05) is 14.1 Å². The molecular formula is C15H16N2OS. The molecule has 19 heavy (non-hydrogen) atoms. The fraction of sp³-hybridized carbons (Fsp3) is 0.200. The van der Waals surface area contributed by atoms with Crippen LogP contribution in [0.15, 0.2) is 59.8 Å². The average Bonchev–Trinajstić information content (AvgIpc) is 2.46. The Morgan fingerprint density at radius 1 is 1.11 bits per heavy atom. The highest BCUT2D eigenvalue weighted by atomic mass is 32.2. The van der Waals surface area contributed by atoms with E-state index in [0.29, 0.717) is 0 Å². The van der Waals surface area contributed by atoms with E-state index in [0.717, 1.165) is 10.6 Å². The summed E-state index contributed by atoms with van der Waals surface area (Å²) in [7, 11) is 3.55. The van der Waals surface area contributed by atoms with Crippen molar-refractivity contribution in [3.63, 3.8) is 0 Å². The van der Waals surface area contributed by atoms with E-state index in [1.807, 2.05) is 48.5 Å². The van der Waals surface area contributed by atoms with Crippen LogP contribution in [0.4, 0.5) is 0 Å². The molecule has 0 saturated carbocycles. The molecule has 0 unspecified atom stereocenters. The quantitative estimate of drug-likeness (QED) is 0.802. The van der Waals surface area contributed by atoms with E-state index in [1.165, 1.54) is 11.8 Å². The summed E-state index contributed by atoms with van der Waals surface area (Å²) < 4.78 is 0. The number of thioether (sulfide) groups is 1. The van der Waals surface area contributed by atoms with E-state index in [9.17, 15) is 4.79 Å². The smallest absolute Gasteiger partial charge is 0.240 e. The average molecular weight is 272 g/mol. The Bertz CT molecular complexity index is 528. The zero-order chi connectivity index (χ0) is 13.7. The van der Waals surface area contributed by atoms with Crippen molar-refractivity contribution >= 4 is 17.7 Å². The Morgan fingerprint density at radius 3 is 2.37 bits per heavy atom. The van der Waals surface area contributed by atoms with Crippen molar-refractivity contribution in [2.24, 2.45) is 0 Å². The Hall–Kier alpha value is -1.81. The van der Waals surface area contributed by atoms with Crippen LogP contribution < -0.4 is 0 Å². The van der Waals surface area contributed by atoms with Crippen molar-refractivity contribution in [1.82, 2.24) is 9.88 Å². The highest BCUT2D eigenvalue weighted by Crippen LogP contribution is 2.35. The van der Waals surface area contributed by atoms with Gasteiger partial charge in [0.25, 0.3) is 0 Å². The van der Waals surface area contributed by atoms with Crippen LogP contribution in [-0.2, 0) is 4.79 Å². The molecule has 1 amide bonds. The first-order valence-corrected chi connectivity index (χ1v) is 6.90. The van der Waals surface area contributed by atoms with Crippen LogP contribution in [0.25, 0.3) is 0 Å². The van der Waals surface area contributed by atoms with Gasteiger partial charge in [0.15, 0.2) is 0 Å². The number of carbonyl (C=O) groups is 1. The first kappa shape index (κ1) is 13.6. The Morgan fingerprint density at radius 2 is 1.79 bits per heavy atom. The van der Waals surface area contributed by atoms with Gasteiger partial charge in [-0.3, -0.25) is 4.79 Å². The SMILES string of the molecule is CN(C)C(=O)[C@@H](Sc1ccccn1)c1ccccc1. The fourth-order valence-electron chi connectivity index (χ4n) is 1.66. The van der Waals surface area contributed by atoms with Crippen LogP contribution in [0, 0.1) is 0 Å². The maximum atomic E-state index is 12.3. The zero-order valence-corrected chi connectivity index (χ0v) is 11.8. The minimum absolute atomic E-state index is 0.0712. The highest BCUT2D eigenvalue weighted by molar-refractivity contribution is 8.00. The number of pyridine rings is 1. The molecule has 0 aliphatic carbocycles. The van der Waals surface area contributed by atoms with Crippen molar-refractivity contribution in [2.45, 2.75) is 10.3 Å². The topological polar surface area (TPSA) is 33.2 Å². The third kappa shape index (κ3) is 3.58. The molecule has 0 saturated heterocycles. The summed E-state index contributed by atoms with van der Waals surface area (Å²) in [5, 5.41) is 0.595. The lowest BCUT2D eigenvalue weighted by Gasteiger charge is -2.20. The first-order chi connectivity index (χ1) is 9.18. The van der Waals surface area contributed by atoms with Gasteiger partial charge in [-0.2, -0.15) is 0 Å². The molecule has 0 N–H and O–H groups in total. The van der Waals surface area contributed by atoms with E-state index >= 15 is 0 Å². The molecule has 1 aromatic carbocycles. The minimum Gasteiger partial charge on any atom is -0.348 e. The number of carbonyl (C=O) groups excluding carboxylic acids is 1. The first-order valence-electron chi connectivity index (χ1n) is 6.02. The second-order valence-electron chi connectivity index (χ2n) is 4.31. The standard InChI is InChI=1S/C15H16N2OS/c1-17(2)15(18)14(12-8-4-3-5-9-12)19-13-10-6-7-11-16-13/h3-11,14H,1-2H3/t14-/m0/s1. The van der Waals surface area contributed by atoms with Gasteiger partial charge in [-0.15, -0.1) is 0 Å². The minimum atomic E-state index is -0.258. The summed E-state index contributed by atoms with van der Waals surface area (Å²) in [5.74, 6) is 0.0712. The predicted octanol–water partition coefficient (Wildman–Crippen LogP) is 3.00. The molecule has 2 rings (SSSR count). The lowest BCUT2D eigenvalue weighted by atomic mass is 10.1. The third-order valence-electron chi connectivity index (χ3n) is 2.64. The third-order valence-corrected chi connectivity index (χ3v) is 3.84. The molecule has 0 spiro atoms. The van der Waals surface area contributed by atoms with E-state index in [1.54, 1.807) is 25.2 Å².